The number of anilines is 1. The first-order chi connectivity index (χ1) is 9.12. The van der Waals surface area contributed by atoms with Crippen molar-refractivity contribution in [1.82, 2.24) is 4.57 Å². The van der Waals surface area contributed by atoms with Crippen LogP contribution in [0.15, 0.2) is 23.1 Å². The van der Waals surface area contributed by atoms with Crippen LogP contribution in [-0.2, 0) is 20.8 Å². The lowest BCUT2D eigenvalue weighted by molar-refractivity contribution is -0.125. The van der Waals surface area contributed by atoms with Gasteiger partial charge in [-0.3, -0.25) is 9.59 Å². The first kappa shape index (κ1) is 15.4. The van der Waals surface area contributed by atoms with Gasteiger partial charge in [0.15, 0.2) is 0 Å². The third-order valence-corrected chi connectivity index (χ3v) is 2.58. The monoisotopic (exact) mass is 269 g/mol. The van der Waals surface area contributed by atoms with E-state index in [0.29, 0.717) is 18.8 Å². The number of hydrogen-bond donors (Lipinski definition) is 2. The van der Waals surface area contributed by atoms with Crippen LogP contribution in [-0.4, -0.2) is 43.9 Å². The minimum atomic E-state index is -0.709. The number of nitrogens with one attached hydrogen (secondary N) is 1. The summed E-state index contributed by atoms with van der Waals surface area (Å²) in [6.45, 7) is 0.927. The van der Waals surface area contributed by atoms with Gasteiger partial charge in [0.1, 0.15) is 6.10 Å². The third kappa shape index (κ3) is 4.47. The smallest absolute Gasteiger partial charge is 0.254 e. The molecule has 1 unspecified atom stereocenters. The van der Waals surface area contributed by atoms with Gasteiger partial charge < -0.3 is 25.1 Å². The summed E-state index contributed by atoms with van der Waals surface area (Å²) in [7, 11) is 2.97. The number of methoxy groups -OCH3 is 2. The molecule has 7 heteroatoms. The van der Waals surface area contributed by atoms with Crippen molar-refractivity contribution in [2.24, 2.45) is 5.73 Å². The number of nitrogens with zero attached hydrogens (tertiary/aromatic N) is 1. The Morgan fingerprint density at radius 3 is 2.79 bits per heavy atom. The first-order valence-electron chi connectivity index (χ1n) is 5.85. The van der Waals surface area contributed by atoms with Gasteiger partial charge in [0, 0.05) is 39.6 Å². The fourth-order valence-corrected chi connectivity index (χ4v) is 1.50. The zero-order valence-corrected chi connectivity index (χ0v) is 11.1. The normalized spacial score (nSPS) is 12.2. The number of hydrogen-bond acceptors (Lipinski definition) is 5. The molecule has 1 heterocycles. The molecule has 0 bridgehead atoms. The SMILES string of the molecule is COCCn1cc(NC(=O)C(CN)OC)ccc1=O. The van der Waals surface area contributed by atoms with E-state index in [9.17, 15) is 9.59 Å². The summed E-state index contributed by atoms with van der Waals surface area (Å²) in [6.07, 6.45) is 0.849. The molecule has 0 aliphatic carbocycles. The number of carbonyl (C=O) groups excluding carboxylic acids is 1. The Balaban J connectivity index is 2.79. The van der Waals surface area contributed by atoms with Crippen LogP contribution in [0.5, 0.6) is 0 Å². The van der Waals surface area contributed by atoms with E-state index in [-0.39, 0.29) is 18.0 Å². The number of ether oxygens (including phenoxy) is 2. The van der Waals surface area contributed by atoms with Gasteiger partial charge in [0.05, 0.1) is 12.3 Å². The Morgan fingerprint density at radius 1 is 1.47 bits per heavy atom. The van der Waals surface area contributed by atoms with Crippen molar-refractivity contribution in [1.29, 1.82) is 0 Å². The summed E-state index contributed by atoms with van der Waals surface area (Å²) in [5.74, 6) is -0.345. The minimum absolute atomic E-state index is 0.0889. The van der Waals surface area contributed by atoms with Crippen molar-refractivity contribution < 1.29 is 14.3 Å². The van der Waals surface area contributed by atoms with Crippen LogP contribution in [0.2, 0.25) is 0 Å². The van der Waals surface area contributed by atoms with Crippen molar-refractivity contribution in [3.63, 3.8) is 0 Å². The molecule has 0 saturated carbocycles. The van der Waals surface area contributed by atoms with Gasteiger partial charge in [-0.05, 0) is 6.07 Å². The second kappa shape index (κ2) is 7.67. The van der Waals surface area contributed by atoms with Gasteiger partial charge in [-0.15, -0.1) is 0 Å². The molecule has 0 spiro atoms. The van der Waals surface area contributed by atoms with Crippen LogP contribution in [0, 0.1) is 0 Å². The predicted molar refractivity (Wildman–Crippen MR) is 71.1 cm³/mol. The standard InChI is InChI=1S/C12H19N3O4/c1-18-6-5-15-8-9(3-4-11(15)16)14-12(17)10(7-13)19-2/h3-4,8,10H,5-7,13H2,1-2H3,(H,14,17). The lowest BCUT2D eigenvalue weighted by Crippen LogP contribution is -2.36. The van der Waals surface area contributed by atoms with Gasteiger partial charge >= 0.3 is 0 Å². The van der Waals surface area contributed by atoms with E-state index >= 15 is 0 Å². The van der Waals surface area contributed by atoms with E-state index in [1.165, 1.54) is 23.8 Å². The van der Waals surface area contributed by atoms with Crippen molar-refractivity contribution in [3.8, 4) is 0 Å². The van der Waals surface area contributed by atoms with Crippen molar-refractivity contribution >= 4 is 11.6 Å². The number of amides is 1. The van der Waals surface area contributed by atoms with Gasteiger partial charge in [-0.25, -0.2) is 0 Å². The summed E-state index contributed by atoms with van der Waals surface area (Å²) >= 11 is 0. The molecule has 0 aliphatic rings. The predicted octanol–water partition coefficient (Wildman–Crippen LogP) is -0.593. The Kier molecular flexibility index (Phi) is 6.20. The molecule has 7 nitrogen and oxygen atoms in total. The molecule has 1 aromatic heterocycles. The lowest BCUT2D eigenvalue weighted by atomic mass is 10.3. The molecule has 1 amide bonds. The van der Waals surface area contributed by atoms with Gasteiger partial charge in [0.25, 0.3) is 11.5 Å². The molecule has 106 valence electrons. The van der Waals surface area contributed by atoms with Crippen LogP contribution < -0.4 is 16.6 Å². The number of nitrogens with two attached hydrogens (primary N) is 1. The van der Waals surface area contributed by atoms with Crippen molar-refractivity contribution in [2.45, 2.75) is 12.6 Å². The minimum Gasteiger partial charge on any atom is -0.383 e. The largest absolute Gasteiger partial charge is 0.383 e. The average Bonchev–Trinajstić information content (AvgIpc) is 2.40. The van der Waals surface area contributed by atoms with E-state index < -0.39 is 6.10 Å². The van der Waals surface area contributed by atoms with Crippen LogP contribution >= 0.6 is 0 Å². The second-order valence-corrected chi connectivity index (χ2v) is 3.89. The summed E-state index contributed by atoms with van der Waals surface area (Å²) < 4.78 is 11.3. The first-order valence-corrected chi connectivity index (χ1v) is 5.85. The molecule has 1 atom stereocenters. The topological polar surface area (TPSA) is 95.6 Å². The van der Waals surface area contributed by atoms with E-state index in [1.54, 1.807) is 13.3 Å². The van der Waals surface area contributed by atoms with E-state index in [4.69, 9.17) is 15.2 Å². The number of carbonyl (C=O) groups is 1. The number of pyridine rings is 1. The number of aromatic nitrogens is 1. The van der Waals surface area contributed by atoms with E-state index in [0.717, 1.165) is 0 Å². The summed E-state index contributed by atoms with van der Waals surface area (Å²) in [5, 5.41) is 2.64. The van der Waals surface area contributed by atoms with Gasteiger partial charge in [0.2, 0.25) is 0 Å². The fraction of sp³-hybridized carbons (Fsp3) is 0.500. The van der Waals surface area contributed by atoms with Crippen molar-refractivity contribution in [3.05, 3.63) is 28.7 Å². The van der Waals surface area contributed by atoms with Crippen LogP contribution in [0.25, 0.3) is 0 Å². The van der Waals surface area contributed by atoms with E-state index in [2.05, 4.69) is 5.32 Å². The molecule has 0 aromatic carbocycles. The van der Waals surface area contributed by atoms with E-state index in [1.807, 2.05) is 0 Å². The average molecular weight is 269 g/mol. The molecular weight excluding hydrogens is 250 g/mol. The van der Waals surface area contributed by atoms with Gasteiger partial charge in [-0.1, -0.05) is 0 Å². The molecule has 0 radical (unpaired) electrons. The maximum absolute atomic E-state index is 11.8. The number of rotatable bonds is 7. The summed E-state index contributed by atoms with van der Waals surface area (Å²) in [4.78, 5) is 23.3. The molecule has 1 aromatic rings. The highest BCUT2D eigenvalue weighted by Gasteiger charge is 2.15. The Labute approximate surface area is 111 Å². The maximum Gasteiger partial charge on any atom is 0.254 e. The van der Waals surface area contributed by atoms with Crippen molar-refractivity contribution in [2.75, 3.05) is 32.7 Å². The van der Waals surface area contributed by atoms with Crippen LogP contribution in [0.1, 0.15) is 0 Å². The molecule has 1 rings (SSSR count). The fourth-order valence-electron chi connectivity index (χ4n) is 1.50. The molecular formula is C12H19N3O4. The Morgan fingerprint density at radius 2 is 2.21 bits per heavy atom. The molecule has 0 aliphatic heterocycles. The second-order valence-electron chi connectivity index (χ2n) is 3.89. The van der Waals surface area contributed by atoms with Crippen LogP contribution in [0.3, 0.4) is 0 Å². The van der Waals surface area contributed by atoms with Gasteiger partial charge in [-0.2, -0.15) is 0 Å². The van der Waals surface area contributed by atoms with Crippen LogP contribution in [0.4, 0.5) is 5.69 Å². The quantitative estimate of drug-likeness (QED) is 0.689. The highest BCUT2D eigenvalue weighted by Crippen LogP contribution is 2.05. The summed E-state index contributed by atoms with van der Waals surface area (Å²) in [6, 6.07) is 2.92. The zero-order valence-electron chi connectivity index (χ0n) is 11.1. The maximum atomic E-state index is 11.8. The molecule has 3 N–H and O–H groups in total. The molecule has 0 fully saturated rings. The summed E-state index contributed by atoms with van der Waals surface area (Å²) in [5.41, 5.74) is 5.75. The Hall–Kier alpha value is -1.70. The highest BCUT2D eigenvalue weighted by atomic mass is 16.5. The zero-order chi connectivity index (χ0) is 14.3. The highest BCUT2D eigenvalue weighted by molar-refractivity contribution is 5.94. The lowest BCUT2D eigenvalue weighted by Gasteiger charge is -2.14. The third-order valence-electron chi connectivity index (χ3n) is 2.58. The molecule has 19 heavy (non-hydrogen) atoms. The molecule has 0 saturated heterocycles. The Bertz CT molecular complexity index is 468.